The van der Waals surface area contributed by atoms with Gasteiger partial charge in [0.05, 0.1) is 5.69 Å². The Kier molecular flexibility index (Phi) is 4.28. The summed E-state index contributed by atoms with van der Waals surface area (Å²) in [5.74, 6) is 0. The van der Waals surface area contributed by atoms with E-state index in [1.807, 2.05) is 19.2 Å². The number of hydrogen-bond donors (Lipinski definition) is 1. The van der Waals surface area contributed by atoms with E-state index in [-0.39, 0.29) is 11.6 Å². The van der Waals surface area contributed by atoms with Crippen molar-refractivity contribution in [2.24, 2.45) is 0 Å². The van der Waals surface area contributed by atoms with Gasteiger partial charge >= 0.3 is 0 Å². The van der Waals surface area contributed by atoms with Gasteiger partial charge < -0.3 is 9.88 Å². The molecular formula is C17H22N2O. The lowest BCUT2D eigenvalue weighted by Crippen LogP contribution is -2.18. The molecule has 1 aromatic heterocycles. The van der Waals surface area contributed by atoms with Crippen LogP contribution >= 0.6 is 0 Å². The van der Waals surface area contributed by atoms with Crippen molar-refractivity contribution >= 4 is 5.69 Å². The van der Waals surface area contributed by atoms with Crippen molar-refractivity contribution in [3.63, 3.8) is 0 Å². The van der Waals surface area contributed by atoms with Crippen LogP contribution in [0.15, 0.2) is 41.3 Å². The highest BCUT2D eigenvalue weighted by molar-refractivity contribution is 5.44. The summed E-state index contributed by atoms with van der Waals surface area (Å²) in [6, 6.07) is 10.2. The fourth-order valence-corrected chi connectivity index (χ4v) is 2.46. The Bertz CT molecular complexity index is 638. The molecule has 3 heteroatoms. The molecule has 0 amide bonds. The SMILES string of the molecule is CCn1cc(NC(C)c2cc(C)cc(C)c2)ccc1=O. The van der Waals surface area contributed by atoms with E-state index >= 15 is 0 Å². The van der Waals surface area contributed by atoms with Gasteiger partial charge in [0, 0.05) is 24.8 Å². The van der Waals surface area contributed by atoms with Crippen LogP contribution in [0.5, 0.6) is 0 Å². The number of anilines is 1. The second kappa shape index (κ2) is 5.95. The van der Waals surface area contributed by atoms with Crippen molar-refractivity contribution in [1.82, 2.24) is 4.57 Å². The minimum absolute atomic E-state index is 0.0390. The molecule has 2 aromatic rings. The smallest absolute Gasteiger partial charge is 0.250 e. The molecule has 1 atom stereocenters. The standard InChI is InChI=1S/C17H22N2O/c1-5-19-11-16(6-7-17(19)20)18-14(4)15-9-12(2)8-13(3)10-15/h6-11,14,18H,5H2,1-4H3. The summed E-state index contributed by atoms with van der Waals surface area (Å²) < 4.78 is 1.70. The van der Waals surface area contributed by atoms with Crippen LogP contribution in [0.3, 0.4) is 0 Å². The molecule has 0 bridgehead atoms. The summed E-state index contributed by atoms with van der Waals surface area (Å²) in [5.41, 5.74) is 4.81. The fraction of sp³-hybridized carbons (Fsp3) is 0.353. The predicted octanol–water partition coefficient (Wildman–Crippen LogP) is 3.66. The molecule has 0 fully saturated rings. The molecule has 3 nitrogen and oxygen atoms in total. The number of benzene rings is 1. The molecule has 0 spiro atoms. The van der Waals surface area contributed by atoms with Crippen LogP contribution in [0.25, 0.3) is 0 Å². The van der Waals surface area contributed by atoms with Gasteiger partial charge in [-0.25, -0.2) is 0 Å². The molecule has 0 radical (unpaired) electrons. The van der Waals surface area contributed by atoms with Gasteiger partial charge in [-0.3, -0.25) is 4.79 Å². The van der Waals surface area contributed by atoms with E-state index in [0.717, 1.165) is 5.69 Å². The van der Waals surface area contributed by atoms with Gasteiger partial charge in [0.1, 0.15) is 0 Å². The number of nitrogens with zero attached hydrogens (tertiary/aromatic N) is 1. The molecule has 0 aliphatic heterocycles. The summed E-state index contributed by atoms with van der Waals surface area (Å²) in [6.07, 6.45) is 1.88. The van der Waals surface area contributed by atoms with Gasteiger partial charge in [0.15, 0.2) is 0 Å². The van der Waals surface area contributed by atoms with Gasteiger partial charge in [-0.05, 0) is 39.3 Å². The molecule has 1 unspecified atom stereocenters. The summed E-state index contributed by atoms with van der Waals surface area (Å²) >= 11 is 0. The third-order valence-corrected chi connectivity index (χ3v) is 3.45. The van der Waals surface area contributed by atoms with Crippen LogP contribution in [0.2, 0.25) is 0 Å². The lowest BCUT2D eigenvalue weighted by atomic mass is 10.0. The van der Waals surface area contributed by atoms with E-state index in [9.17, 15) is 4.79 Å². The summed E-state index contributed by atoms with van der Waals surface area (Å²) in [4.78, 5) is 11.6. The Morgan fingerprint density at radius 3 is 2.40 bits per heavy atom. The maximum absolute atomic E-state index is 11.6. The van der Waals surface area contributed by atoms with Crippen molar-refractivity contribution in [3.05, 3.63) is 63.6 Å². The molecule has 1 N–H and O–H groups in total. The minimum atomic E-state index is 0.0390. The maximum atomic E-state index is 11.6. The summed E-state index contributed by atoms with van der Waals surface area (Å²) in [7, 11) is 0. The Morgan fingerprint density at radius 1 is 1.15 bits per heavy atom. The average Bonchev–Trinajstić information content (AvgIpc) is 2.39. The molecular weight excluding hydrogens is 248 g/mol. The minimum Gasteiger partial charge on any atom is -0.377 e. The van der Waals surface area contributed by atoms with Crippen LogP contribution in [-0.4, -0.2) is 4.57 Å². The molecule has 0 saturated carbocycles. The Balaban J connectivity index is 2.22. The van der Waals surface area contributed by atoms with E-state index < -0.39 is 0 Å². The van der Waals surface area contributed by atoms with Gasteiger partial charge in [0.2, 0.25) is 0 Å². The quantitative estimate of drug-likeness (QED) is 0.920. The van der Waals surface area contributed by atoms with E-state index in [1.165, 1.54) is 16.7 Å². The number of rotatable bonds is 4. The van der Waals surface area contributed by atoms with E-state index in [4.69, 9.17) is 0 Å². The van der Waals surface area contributed by atoms with Gasteiger partial charge in [-0.1, -0.05) is 29.3 Å². The van der Waals surface area contributed by atoms with Crippen LogP contribution in [0.1, 0.15) is 36.6 Å². The monoisotopic (exact) mass is 270 g/mol. The van der Waals surface area contributed by atoms with Crippen molar-refractivity contribution < 1.29 is 0 Å². The van der Waals surface area contributed by atoms with E-state index in [2.05, 4.69) is 44.3 Å². The second-order valence-electron chi connectivity index (χ2n) is 5.33. The lowest BCUT2D eigenvalue weighted by Gasteiger charge is -2.17. The van der Waals surface area contributed by atoms with Crippen LogP contribution < -0.4 is 10.9 Å². The molecule has 0 saturated heterocycles. The number of aryl methyl sites for hydroxylation is 3. The molecule has 20 heavy (non-hydrogen) atoms. The zero-order valence-corrected chi connectivity index (χ0v) is 12.6. The molecule has 1 aromatic carbocycles. The highest BCUT2D eigenvalue weighted by Crippen LogP contribution is 2.20. The largest absolute Gasteiger partial charge is 0.377 e. The average molecular weight is 270 g/mol. The Labute approximate surface area is 120 Å². The van der Waals surface area contributed by atoms with Crippen LogP contribution in [0, 0.1) is 13.8 Å². The zero-order chi connectivity index (χ0) is 14.7. The highest BCUT2D eigenvalue weighted by Gasteiger charge is 2.07. The summed E-state index contributed by atoms with van der Waals surface area (Å²) in [6.45, 7) is 9.02. The van der Waals surface area contributed by atoms with Crippen LogP contribution in [-0.2, 0) is 6.54 Å². The first-order valence-corrected chi connectivity index (χ1v) is 7.05. The molecule has 2 rings (SSSR count). The molecule has 1 heterocycles. The van der Waals surface area contributed by atoms with Gasteiger partial charge in [-0.15, -0.1) is 0 Å². The Morgan fingerprint density at radius 2 is 1.80 bits per heavy atom. The van der Waals surface area contributed by atoms with Crippen molar-refractivity contribution in [2.75, 3.05) is 5.32 Å². The number of nitrogens with one attached hydrogen (secondary N) is 1. The van der Waals surface area contributed by atoms with Gasteiger partial charge in [0.25, 0.3) is 5.56 Å². The maximum Gasteiger partial charge on any atom is 0.250 e. The first kappa shape index (κ1) is 14.4. The molecule has 0 aliphatic rings. The number of pyridine rings is 1. The first-order valence-electron chi connectivity index (χ1n) is 7.05. The van der Waals surface area contributed by atoms with E-state index in [0.29, 0.717) is 6.54 Å². The van der Waals surface area contributed by atoms with Gasteiger partial charge in [-0.2, -0.15) is 0 Å². The highest BCUT2D eigenvalue weighted by atomic mass is 16.1. The van der Waals surface area contributed by atoms with Crippen molar-refractivity contribution in [2.45, 2.75) is 40.3 Å². The Hall–Kier alpha value is -2.03. The van der Waals surface area contributed by atoms with Crippen molar-refractivity contribution in [1.29, 1.82) is 0 Å². The van der Waals surface area contributed by atoms with Crippen molar-refractivity contribution in [3.8, 4) is 0 Å². The topological polar surface area (TPSA) is 34.0 Å². The molecule has 0 aliphatic carbocycles. The number of aromatic nitrogens is 1. The third-order valence-electron chi connectivity index (χ3n) is 3.45. The fourth-order valence-electron chi connectivity index (χ4n) is 2.46. The first-order chi connectivity index (χ1) is 9.49. The van der Waals surface area contributed by atoms with Crippen LogP contribution in [0.4, 0.5) is 5.69 Å². The third kappa shape index (κ3) is 3.29. The van der Waals surface area contributed by atoms with E-state index in [1.54, 1.807) is 10.6 Å². The second-order valence-corrected chi connectivity index (χ2v) is 5.33. The predicted molar refractivity (Wildman–Crippen MR) is 84.3 cm³/mol. The lowest BCUT2D eigenvalue weighted by molar-refractivity contribution is 0.725. The normalized spacial score (nSPS) is 12.2. The molecule has 106 valence electrons. The number of hydrogen-bond acceptors (Lipinski definition) is 2. The summed E-state index contributed by atoms with van der Waals surface area (Å²) in [5, 5.41) is 3.45. The zero-order valence-electron chi connectivity index (χ0n) is 12.6.